The van der Waals surface area contributed by atoms with Crippen LogP contribution in [0.4, 0.5) is 5.82 Å². The van der Waals surface area contributed by atoms with E-state index in [1.54, 1.807) is 23.1 Å². The van der Waals surface area contributed by atoms with Gasteiger partial charge in [-0.3, -0.25) is 9.55 Å². The average Bonchev–Trinajstić information content (AvgIpc) is 3.23. The van der Waals surface area contributed by atoms with E-state index < -0.39 is 0 Å². The van der Waals surface area contributed by atoms with Crippen LogP contribution in [0.5, 0.6) is 0 Å². The Balaban J connectivity index is 1.83. The van der Waals surface area contributed by atoms with Crippen LogP contribution in [0.25, 0.3) is 22.6 Å². The molecule has 0 unspecified atom stereocenters. The molecule has 0 aromatic carbocycles. The molecule has 0 spiro atoms. The molecular formula is C18H18N6O2. The molecule has 0 aliphatic heterocycles. The van der Waals surface area contributed by atoms with E-state index in [1.165, 1.54) is 0 Å². The summed E-state index contributed by atoms with van der Waals surface area (Å²) >= 11 is 0. The predicted octanol–water partition coefficient (Wildman–Crippen LogP) is 2.28. The van der Waals surface area contributed by atoms with Crippen LogP contribution in [0, 0.1) is 6.92 Å². The summed E-state index contributed by atoms with van der Waals surface area (Å²) in [4.78, 5) is 28.2. The van der Waals surface area contributed by atoms with Gasteiger partial charge in [0.2, 0.25) is 5.89 Å². The molecule has 8 heteroatoms. The number of nitrogens with one attached hydrogen (secondary N) is 1. The van der Waals surface area contributed by atoms with Crippen LogP contribution in [0.1, 0.15) is 23.9 Å². The Morgan fingerprint density at radius 3 is 2.85 bits per heavy atom. The van der Waals surface area contributed by atoms with Gasteiger partial charge in [-0.2, -0.15) is 0 Å². The first kappa shape index (κ1) is 16.1. The minimum atomic E-state index is -0.257. The van der Waals surface area contributed by atoms with Gasteiger partial charge in [0, 0.05) is 11.9 Å². The van der Waals surface area contributed by atoms with Crippen molar-refractivity contribution in [2.75, 3.05) is 5.73 Å². The molecule has 0 saturated heterocycles. The molecule has 8 nitrogen and oxygen atoms in total. The lowest BCUT2D eigenvalue weighted by Gasteiger charge is -2.05. The lowest BCUT2D eigenvalue weighted by molar-refractivity contribution is 0.570. The van der Waals surface area contributed by atoms with Crippen LogP contribution >= 0.6 is 0 Å². The summed E-state index contributed by atoms with van der Waals surface area (Å²) in [5.74, 6) is 0.610. The van der Waals surface area contributed by atoms with E-state index in [1.807, 2.05) is 26.0 Å². The smallest absolute Gasteiger partial charge is 0.326 e. The summed E-state index contributed by atoms with van der Waals surface area (Å²) in [7, 11) is 0. The van der Waals surface area contributed by atoms with E-state index in [0.717, 1.165) is 23.4 Å². The van der Waals surface area contributed by atoms with Gasteiger partial charge in [-0.15, -0.1) is 0 Å². The van der Waals surface area contributed by atoms with E-state index >= 15 is 0 Å². The number of fused-ring (bicyclic) bond motifs is 1. The minimum absolute atomic E-state index is 0.228. The Hall–Kier alpha value is -3.42. The average molecular weight is 350 g/mol. The van der Waals surface area contributed by atoms with Gasteiger partial charge in [-0.05, 0) is 31.0 Å². The number of H-pyrrole nitrogens is 1. The van der Waals surface area contributed by atoms with Crippen LogP contribution in [0.3, 0.4) is 0 Å². The van der Waals surface area contributed by atoms with Gasteiger partial charge in [-0.1, -0.05) is 13.0 Å². The normalized spacial score (nSPS) is 11.3. The molecule has 0 saturated carbocycles. The first-order valence-electron chi connectivity index (χ1n) is 8.30. The Morgan fingerprint density at radius 2 is 2.15 bits per heavy atom. The molecule has 4 aromatic rings. The molecule has 26 heavy (non-hydrogen) atoms. The Kier molecular flexibility index (Phi) is 3.80. The highest BCUT2D eigenvalue weighted by molar-refractivity contribution is 5.87. The van der Waals surface area contributed by atoms with Crippen molar-refractivity contribution in [2.45, 2.75) is 26.8 Å². The van der Waals surface area contributed by atoms with Crippen LogP contribution in [-0.4, -0.2) is 24.5 Å². The second kappa shape index (κ2) is 6.14. The molecule has 0 aliphatic carbocycles. The molecular weight excluding hydrogens is 332 g/mol. The summed E-state index contributed by atoms with van der Waals surface area (Å²) in [6.45, 7) is 4.29. The van der Waals surface area contributed by atoms with Crippen LogP contribution in [0.2, 0.25) is 0 Å². The van der Waals surface area contributed by atoms with Crippen LogP contribution in [0.15, 0.2) is 39.9 Å². The zero-order valence-corrected chi connectivity index (χ0v) is 14.5. The summed E-state index contributed by atoms with van der Waals surface area (Å²) in [5, 5.41) is 0. The molecule has 0 radical (unpaired) electrons. The first-order chi connectivity index (χ1) is 12.5. The quantitative estimate of drug-likeness (QED) is 0.583. The van der Waals surface area contributed by atoms with Gasteiger partial charge < -0.3 is 15.1 Å². The second-order valence-corrected chi connectivity index (χ2v) is 6.11. The summed E-state index contributed by atoms with van der Waals surface area (Å²) in [6.07, 6.45) is 4.11. The highest BCUT2D eigenvalue weighted by atomic mass is 16.3. The second-order valence-electron chi connectivity index (χ2n) is 6.11. The Labute approximate surface area is 148 Å². The lowest BCUT2D eigenvalue weighted by Crippen LogP contribution is -2.17. The molecule has 0 atom stereocenters. The molecule has 132 valence electrons. The number of nitrogens with two attached hydrogens (primary N) is 1. The van der Waals surface area contributed by atoms with E-state index in [0.29, 0.717) is 29.2 Å². The third-order valence-corrected chi connectivity index (χ3v) is 4.24. The van der Waals surface area contributed by atoms with E-state index in [-0.39, 0.29) is 11.5 Å². The summed E-state index contributed by atoms with van der Waals surface area (Å²) in [5.41, 5.74) is 10.1. The maximum Gasteiger partial charge on any atom is 0.326 e. The third kappa shape index (κ3) is 2.75. The van der Waals surface area contributed by atoms with Gasteiger partial charge in [0.05, 0.1) is 17.8 Å². The van der Waals surface area contributed by atoms with Gasteiger partial charge in [0.25, 0.3) is 0 Å². The topological polar surface area (TPSA) is 116 Å². The van der Waals surface area contributed by atoms with Crippen molar-refractivity contribution in [3.8, 4) is 11.6 Å². The van der Waals surface area contributed by atoms with Crippen molar-refractivity contribution >= 4 is 16.9 Å². The molecule has 4 aromatic heterocycles. The number of aryl methyl sites for hydroxylation is 2. The van der Waals surface area contributed by atoms with Crippen molar-refractivity contribution in [1.29, 1.82) is 0 Å². The molecule has 4 heterocycles. The molecule has 4 rings (SSSR count). The number of nitrogen functional groups attached to an aromatic ring is 1. The number of pyridine rings is 2. The van der Waals surface area contributed by atoms with Crippen molar-refractivity contribution in [2.24, 2.45) is 0 Å². The van der Waals surface area contributed by atoms with Crippen molar-refractivity contribution < 1.29 is 4.42 Å². The number of imidazole rings is 1. The number of hydrogen-bond donors (Lipinski definition) is 2. The van der Waals surface area contributed by atoms with Gasteiger partial charge >= 0.3 is 5.69 Å². The van der Waals surface area contributed by atoms with Crippen molar-refractivity contribution in [1.82, 2.24) is 24.5 Å². The Bertz CT molecular complexity index is 1140. The largest absolute Gasteiger partial charge is 0.443 e. The summed E-state index contributed by atoms with van der Waals surface area (Å²) in [6, 6.07) is 5.62. The van der Waals surface area contributed by atoms with Crippen LogP contribution < -0.4 is 11.4 Å². The van der Waals surface area contributed by atoms with Gasteiger partial charge in [0.1, 0.15) is 23.3 Å². The zero-order chi connectivity index (χ0) is 18.3. The number of nitrogens with zero attached hydrogens (tertiary/aromatic N) is 4. The van der Waals surface area contributed by atoms with Crippen molar-refractivity contribution in [3.63, 3.8) is 0 Å². The number of hydrogen-bond acceptors (Lipinski definition) is 6. The fraction of sp³-hybridized carbons (Fsp3) is 0.222. The fourth-order valence-electron chi connectivity index (χ4n) is 2.80. The minimum Gasteiger partial charge on any atom is -0.443 e. The monoisotopic (exact) mass is 350 g/mol. The van der Waals surface area contributed by atoms with Gasteiger partial charge in [0.15, 0.2) is 0 Å². The molecule has 3 N–H and O–H groups in total. The Morgan fingerprint density at radius 1 is 1.31 bits per heavy atom. The lowest BCUT2D eigenvalue weighted by atomic mass is 10.2. The standard InChI is InChI=1S/C18H18N6O2/c1-3-12-9-26-17(21-12)13-6-14-15(16(19)22-13)23-18(25)24(14)8-11-5-4-10(2)20-7-11/h4-7,9H,3,8H2,1-2H3,(H2,19,22)(H,23,25). The molecule has 0 aliphatic rings. The van der Waals surface area contributed by atoms with Crippen LogP contribution in [-0.2, 0) is 13.0 Å². The van der Waals surface area contributed by atoms with Crippen molar-refractivity contribution in [3.05, 3.63) is 58.1 Å². The maximum absolute atomic E-state index is 12.4. The highest BCUT2D eigenvalue weighted by Gasteiger charge is 2.16. The van der Waals surface area contributed by atoms with E-state index in [2.05, 4.69) is 19.9 Å². The number of anilines is 1. The molecule has 0 bridgehead atoms. The maximum atomic E-state index is 12.4. The molecule has 0 fully saturated rings. The molecule has 0 amide bonds. The fourth-order valence-corrected chi connectivity index (χ4v) is 2.80. The summed E-state index contributed by atoms with van der Waals surface area (Å²) < 4.78 is 7.09. The van der Waals surface area contributed by atoms with Gasteiger partial charge in [-0.25, -0.2) is 14.8 Å². The third-order valence-electron chi connectivity index (χ3n) is 4.24. The highest BCUT2D eigenvalue weighted by Crippen LogP contribution is 2.24. The first-order valence-corrected chi connectivity index (χ1v) is 8.30. The number of aromatic amines is 1. The number of aromatic nitrogens is 5. The zero-order valence-electron chi connectivity index (χ0n) is 14.5. The van der Waals surface area contributed by atoms with E-state index in [9.17, 15) is 4.79 Å². The SMILES string of the molecule is CCc1coc(-c2cc3c([nH]c(=O)n3Cc3ccc(C)nc3)c(N)n2)n1. The number of rotatable bonds is 4. The number of oxazole rings is 1. The predicted molar refractivity (Wildman–Crippen MR) is 97.7 cm³/mol. The van der Waals surface area contributed by atoms with E-state index in [4.69, 9.17) is 10.2 Å².